The molecule has 76 valence electrons. The maximum Gasteiger partial charge on any atom is 0.00202 e. The van der Waals surface area contributed by atoms with E-state index in [1.54, 1.807) is 5.56 Å². The summed E-state index contributed by atoms with van der Waals surface area (Å²) in [4.78, 5) is 0. The molecule has 0 aliphatic carbocycles. The zero-order chi connectivity index (χ0) is 9.80. The van der Waals surface area contributed by atoms with Crippen molar-refractivity contribution in [3.63, 3.8) is 0 Å². The van der Waals surface area contributed by atoms with Crippen LogP contribution in [0.1, 0.15) is 36.8 Å². The summed E-state index contributed by atoms with van der Waals surface area (Å²) in [6.45, 7) is 4.61. The van der Waals surface area contributed by atoms with Gasteiger partial charge in [-0.05, 0) is 42.9 Å². The van der Waals surface area contributed by atoms with Gasteiger partial charge in [0, 0.05) is 6.54 Å². The van der Waals surface area contributed by atoms with E-state index in [0.717, 1.165) is 18.9 Å². The Morgan fingerprint density at radius 3 is 2.93 bits per heavy atom. The van der Waals surface area contributed by atoms with Gasteiger partial charge in [0.1, 0.15) is 0 Å². The molecule has 1 aromatic carbocycles. The fourth-order valence-electron chi connectivity index (χ4n) is 2.37. The van der Waals surface area contributed by atoms with Crippen LogP contribution < -0.4 is 5.32 Å². The molecule has 0 aromatic heterocycles. The topological polar surface area (TPSA) is 12.0 Å². The molecule has 1 N–H and O–H groups in total. The SMILES string of the molecule is CCc1ccccc1[C@H]1CCCNC1. The number of aryl methyl sites for hydroxylation is 1. The van der Waals surface area contributed by atoms with E-state index in [9.17, 15) is 0 Å². The molecule has 0 spiro atoms. The third kappa shape index (κ3) is 1.98. The maximum absolute atomic E-state index is 3.48. The molecule has 0 amide bonds. The van der Waals surface area contributed by atoms with Gasteiger partial charge in [0.05, 0.1) is 0 Å². The minimum absolute atomic E-state index is 0.750. The lowest BCUT2D eigenvalue weighted by molar-refractivity contribution is 0.460. The molecular formula is C13H19N. The molecule has 0 saturated carbocycles. The third-order valence-corrected chi connectivity index (χ3v) is 3.17. The van der Waals surface area contributed by atoms with Crippen LogP contribution in [0.15, 0.2) is 24.3 Å². The van der Waals surface area contributed by atoms with E-state index in [4.69, 9.17) is 0 Å². The molecule has 0 bridgehead atoms. The summed E-state index contributed by atoms with van der Waals surface area (Å²) in [6, 6.07) is 8.89. The predicted octanol–water partition coefficient (Wildman–Crippen LogP) is 2.72. The molecule has 1 fully saturated rings. The van der Waals surface area contributed by atoms with Crippen LogP contribution in [-0.4, -0.2) is 13.1 Å². The Morgan fingerprint density at radius 1 is 1.36 bits per heavy atom. The van der Waals surface area contributed by atoms with Gasteiger partial charge in [-0.25, -0.2) is 0 Å². The number of rotatable bonds is 2. The first-order valence-corrected chi connectivity index (χ1v) is 5.70. The van der Waals surface area contributed by atoms with Crippen LogP contribution >= 0.6 is 0 Å². The molecule has 1 aromatic rings. The molecular weight excluding hydrogens is 170 g/mol. The average Bonchev–Trinajstić information content (AvgIpc) is 2.30. The smallest absolute Gasteiger partial charge is 0.00202 e. The monoisotopic (exact) mass is 189 g/mol. The van der Waals surface area contributed by atoms with Gasteiger partial charge in [0.15, 0.2) is 0 Å². The largest absolute Gasteiger partial charge is 0.316 e. The highest BCUT2D eigenvalue weighted by molar-refractivity contribution is 5.31. The van der Waals surface area contributed by atoms with E-state index in [1.165, 1.54) is 24.9 Å². The van der Waals surface area contributed by atoms with Crippen LogP contribution in [0.5, 0.6) is 0 Å². The molecule has 1 aliphatic rings. The fraction of sp³-hybridized carbons (Fsp3) is 0.538. The summed E-state index contributed by atoms with van der Waals surface area (Å²) in [5.74, 6) is 0.750. The molecule has 2 rings (SSSR count). The van der Waals surface area contributed by atoms with Crippen LogP contribution in [-0.2, 0) is 6.42 Å². The van der Waals surface area contributed by atoms with Crippen LogP contribution in [0.2, 0.25) is 0 Å². The van der Waals surface area contributed by atoms with Crippen LogP contribution in [0.4, 0.5) is 0 Å². The highest BCUT2D eigenvalue weighted by atomic mass is 14.9. The number of piperidine rings is 1. The number of benzene rings is 1. The van der Waals surface area contributed by atoms with E-state index in [1.807, 2.05) is 0 Å². The van der Waals surface area contributed by atoms with Gasteiger partial charge < -0.3 is 5.32 Å². The molecule has 0 unspecified atom stereocenters. The fourth-order valence-corrected chi connectivity index (χ4v) is 2.37. The summed E-state index contributed by atoms with van der Waals surface area (Å²) in [5.41, 5.74) is 3.10. The molecule has 14 heavy (non-hydrogen) atoms. The van der Waals surface area contributed by atoms with E-state index in [0.29, 0.717) is 0 Å². The van der Waals surface area contributed by atoms with Gasteiger partial charge in [-0.2, -0.15) is 0 Å². The second-order valence-electron chi connectivity index (χ2n) is 4.10. The first-order chi connectivity index (χ1) is 6.92. The predicted molar refractivity (Wildman–Crippen MR) is 60.7 cm³/mol. The Kier molecular flexibility index (Phi) is 3.20. The zero-order valence-electron chi connectivity index (χ0n) is 8.92. The van der Waals surface area contributed by atoms with Crippen molar-refractivity contribution < 1.29 is 0 Å². The molecule has 0 radical (unpaired) electrons. The van der Waals surface area contributed by atoms with Gasteiger partial charge in [-0.1, -0.05) is 31.2 Å². The van der Waals surface area contributed by atoms with Gasteiger partial charge >= 0.3 is 0 Å². The van der Waals surface area contributed by atoms with Crippen molar-refractivity contribution in [2.24, 2.45) is 0 Å². The Labute approximate surface area is 86.5 Å². The van der Waals surface area contributed by atoms with E-state index < -0.39 is 0 Å². The Balaban J connectivity index is 2.20. The van der Waals surface area contributed by atoms with Crippen molar-refractivity contribution in [2.75, 3.05) is 13.1 Å². The summed E-state index contributed by atoms with van der Waals surface area (Å²) in [5, 5.41) is 3.48. The second-order valence-corrected chi connectivity index (χ2v) is 4.10. The van der Waals surface area contributed by atoms with Crippen LogP contribution in [0.3, 0.4) is 0 Å². The molecule has 1 saturated heterocycles. The standard InChI is InChI=1S/C13H19N/c1-2-11-6-3-4-8-13(11)12-7-5-9-14-10-12/h3-4,6,8,12,14H,2,5,7,9-10H2,1H3/t12-/m0/s1. The number of nitrogens with one attached hydrogen (secondary N) is 1. The van der Waals surface area contributed by atoms with E-state index in [2.05, 4.69) is 36.5 Å². The number of hydrogen-bond acceptors (Lipinski definition) is 1. The zero-order valence-corrected chi connectivity index (χ0v) is 8.92. The second kappa shape index (κ2) is 4.61. The lowest BCUT2D eigenvalue weighted by Crippen LogP contribution is -2.28. The molecule has 1 atom stereocenters. The lowest BCUT2D eigenvalue weighted by atomic mass is 9.88. The lowest BCUT2D eigenvalue weighted by Gasteiger charge is -2.25. The van der Waals surface area contributed by atoms with Gasteiger partial charge in [-0.3, -0.25) is 0 Å². The highest BCUT2D eigenvalue weighted by Crippen LogP contribution is 2.26. The average molecular weight is 189 g/mol. The van der Waals surface area contributed by atoms with Crippen molar-refractivity contribution in [1.82, 2.24) is 5.32 Å². The minimum Gasteiger partial charge on any atom is -0.316 e. The molecule has 1 heteroatoms. The Morgan fingerprint density at radius 2 is 2.21 bits per heavy atom. The third-order valence-electron chi connectivity index (χ3n) is 3.17. The van der Waals surface area contributed by atoms with Gasteiger partial charge in [0.25, 0.3) is 0 Å². The normalized spacial score (nSPS) is 22.2. The Hall–Kier alpha value is -0.820. The highest BCUT2D eigenvalue weighted by Gasteiger charge is 2.16. The van der Waals surface area contributed by atoms with Crippen LogP contribution in [0.25, 0.3) is 0 Å². The van der Waals surface area contributed by atoms with Crippen molar-refractivity contribution in [2.45, 2.75) is 32.1 Å². The van der Waals surface area contributed by atoms with E-state index in [-0.39, 0.29) is 0 Å². The van der Waals surface area contributed by atoms with Crippen LogP contribution in [0, 0.1) is 0 Å². The summed E-state index contributed by atoms with van der Waals surface area (Å²) in [6.07, 6.45) is 3.83. The molecule has 1 nitrogen and oxygen atoms in total. The van der Waals surface area contributed by atoms with Crippen molar-refractivity contribution in [1.29, 1.82) is 0 Å². The van der Waals surface area contributed by atoms with E-state index >= 15 is 0 Å². The van der Waals surface area contributed by atoms with Gasteiger partial charge in [-0.15, -0.1) is 0 Å². The summed E-state index contributed by atoms with van der Waals surface area (Å²) in [7, 11) is 0. The first kappa shape index (κ1) is 9.72. The quantitative estimate of drug-likeness (QED) is 0.754. The van der Waals surface area contributed by atoms with Crippen molar-refractivity contribution in [3.05, 3.63) is 35.4 Å². The molecule has 1 heterocycles. The number of hydrogen-bond donors (Lipinski definition) is 1. The first-order valence-electron chi connectivity index (χ1n) is 5.70. The van der Waals surface area contributed by atoms with Crippen molar-refractivity contribution in [3.8, 4) is 0 Å². The van der Waals surface area contributed by atoms with Crippen molar-refractivity contribution >= 4 is 0 Å². The Bertz CT molecular complexity index is 287. The van der Waals surface area contributed by atoms with Gasteiger partial charge in [0.2, 0.25) is 0 Å². The summed E-state index contributed by atoms with van der Waals surface area (Å²) >= 11 is 0. The summed E-state index contributed by atoms with van der Waals surface area (Å²) < 4.78 is 0. The maximum atomic E-state index is 3.48. The minimum atomic E-state index is 0.750. The molecule has 1 aliphatic heterocycles.